The van der Waals surface area contributed by atoms with Gasteiger partial charge in [-0.3, -0.25) is 0 Å². The molecule has 1 atom stereocenters. The summed E-state index contributed by atoms with van der Waals surface area (Å²) in [6.45, 7) is 7.87. The summed E-state index contributed by atoms with van der Waals surface area (Å²) >= 11 is 0. The highest BCUT2D eigenvalue weighted by atomic mass is 16.5. The molecule has 0 aliphatic carbocycles. The first-order valence-electron chi connectivity index (χ1n) is 4.92. The van der Waals surface area contributed by atoms with Crippen molar-refractivity contribution in [3.8, 4) is 0 Å². The van der Waals surface area contributed by atoms with Crippen LogP contribution in [0.1, 0.15) is 33.6 Å². The maximum Gasteiger partial charge on any atom is 0.0702 e. The van der Waals surface area contributed by atoms with Crippen LogP contribution >= 0.6 is 0 Å². The average Bonchev–Trinajstić information content (AvgIpc) is 2.01. The van der Waals surface area contributed by atoms with Crippen molar-refractivity contribution in [1.82, 2.24) is 0 Å². The predicted molar refractivity (Wildman–Crippen MR) is 54.6 cm³/mol. The first-order valence-corrected chi connectivity index (χ1v) is 4.92. The van der Waals surface area contributed by atoms with Crippen LogP contribution in [0.25, 0.3) is 0 Å². The van der Waals surface area contributed by atoms with Crippen LogP contribution in [0, 0.1) is 5.41 Å². The Morgan fingerprint density at radius 3 is 2.38 bits per heavy atom. The molecule has 0 aromatic rings. The van der Waals surface area contributed by atoms with Crippen LogP contribution in [-0.4, -0.2) is 31.0 Å². The monoisotopic (exact) mass is 189 g/mol. The first kappa shape index (κ1) is 12.9. The van der Waals surface area contributed by atoms with Gasteiger partial charge in [-0.05, 0) is 18.3 Å². The van der Waals surface area contributed by atoms with E-state index in [-0.39, 0.29) is 18.1 Å². The molecule has 0 spiro atoms. The maximum absolute atomic E-state index is 8.57. The van der Waals surface area contributed by atoms with Crippen LogP contribution in [0.2, 0.25) is 0 Å². The topological polar surface area (TPSA) is 55.5 Å². The molecule has 0 aromatic carbocycles. The number of rotatable bonds is 6. The number of aliphatic hydroxyl groups is 1. The molecule has 0 saturated heterocycles. The van der Waals surface area contributed by atoms with Crippen molar-refractivity contribution in [3.05, 3.63) is 0 Å². The summed E-state index contributed by atoms with van der Waals surface area (Å²) < 4.78 is 5.52. The standard InChI is InChI=1S/C10H23NO2/c1-10(2,3)7-9(8-11)13-6-4-5-12/h9,12H,4-8,11H2,1-3H3. The van der Waals surface area contributed by atoms with Crippen molar-refractivity contribution < 1.29 is 9.84 Å². The van der Waals surface area contributed by atoms with Gasteiger partial charge >= 0.3 is 0 Å². The van der Waals surface area contributed by atoms with Crippen LogP contribution < -0.4 is 5.73 Å². The van der Waals surface area contributed by atoms with E-state index in [4.69, 9.17) is 15.6 Å². The molecule has 3 heteroatoms. The van der Waals surface area contributed by atoms with Crippen molar-refractivity contribution >= 4 is 0 Å². The molecule has 1 unspecified atom stereocenters. The summed E-state index contributed by atoms with van der Waals surface area (Å²) in [5.74, 6) is 0. The van der Waals surface area contributed by atoms with Gasteiger partial charge in [-0.15, -0.1) is 0 Å². The second-order valence-electron chi connectivity index (χ2n) is 4.57. The maximum atomic E-state index is 8.57. The molecular weight excluding hydrogens is 166 g/mol. The Labute approximate surface area is 81.3 Å². The van der Waals surface area contributed by atoms with Gasteiger partial charge in [0.1, 0.15) is 0 Å². The minimum Gasteiger partial charge on any atom is -0.396 e. The van der Waals surface area contributed by atoms with E-state index in [9.17, 15) is 0 Å². The minimum absolute atomic E-state index is 0.131. The molecule has 13 heavy (non-hydrogen) atoms. The molecular formula is C10H23NO2. The Morgan fingerprint density at radius 2 is 2.00 bits per heavy atom. The number of ether oxygens (including phenoxy) is 1. The lowest BCUT2D eigenvalue weighted by Gasteiger charge is -2.25. The summed E-state index contributed by atoms with van der Waals surface area (Å²) in [5, 5.41) is 8.57. The molecule has 0 saturated carbocycles. The van der Waals surface area contributed by atoms with E-state index in [1.54, 1.807) is 0 Å². The van der Waals surface area contributed by atoms with Gasteiger partial charge in [-0.1, -0.05) is 20.8 Å². The Morgan fingerprint density at radius 1 is 1.38 bits per heavy atom. The number of nitrogens with two attached hydrogens (primary N) is 1. The lowest BCUT2D eigenvalue weighted by atomic mass is 9.89. The molecule has 3 N–H and O–H groups in total. The first-order chi connectivity index (χ1) is 5.99. The molecule has 3 nitrogen and oxygen atoms in total. The number of aliphatic hydroxyl groups excluding tert-OH is 1. The SMILES string of the molecule is CC(C)(C)CC(CN)OCCCO. The fraction of sp³-hybridized carbons (Fsp3) is 1.00. The van der Waals surface area contributed by atoms with Crippen LogP contribution in [-0.2, 0) is 4.74 Å². The Hall–Kier alpha value is -0.120. The third-order valence-corrected chi connectivity index (χ3v) is 1.76. The van der Waals surface area contributed by atoms with E-state index < -0.39 is 0 Å². The zero-order valence-corrected chi connectivity index (χ0v) is 9.05. The molecule has 0 rings (SSSR count). The fourth-order valence-electron chi connectivity index (χ4n) is 1.21. The van der Waals surface area contributed by atoms with E-state index in [1.807, 2.05) is 0 Å². The fourth-order valence-corrected chi connectivity index (χ4v) is 1.21. The van der Waals surface area contributed by atoms with Gasteiger partial charge in [0.2, 0.25) is 0 Å². The Balaban J connectivity index is 3.63. The summed E-state index contributed by atoms with van der Waals surface area (Å²) in [4.78, 5) is 0. The van der Waals surface area contributed by atoms with Crippen molar-refractivity contribution in [2.75, 3.05) is 19.8 Å². The third kappa shape index (κ3) is 8.22. The second kappa shape index (κ2) is 6.35. The van der Waals surface area contributed by atoms with Gasteiger partial charge in [-0.25, -0.2) is 0 Å². The molecule has 0 bridgehead atoms. The lowest BCUT2D eigenvalue weighted by Crippen LogP contribution is -2.29. The van der Waals surface area contributed by atoms with Crippen molar-refractivity contribution in [3.63, 3.8) is 0 Å². The Bertz CT molecular complexity index is 121. The van der Waals surface area contributed by atoms with Gasteiger partial charge in [0.05, 0.1) is 6.10 Å². The third-order valence-electron chi connectivity index (χ3n) is 1.76. The van der Waals surface area contributed by atoms with Crippen molar-refractivity contribution in [2.24, 2.45) is 11.1 Å². The summed E-state index contributed by atoms with van der Waals surface area (Å²) in [5.41, 5.74) is 5.83. The highest BCUT2D eigenvalue weighted by molar-refractivity contribution is 4.69. The van der Waals surface area contributed by atoms with Crippen LogP contribution in [0.3, 0.4) is 0 Å². The average molecular weight is 189 g/mol. The van der Waals surface area contributed by atoms with E-state index in [2.05, 4.69) is 20.8 Å². The molecule has 0 aliphatic heterocycles. The number of hydrogen-bond donors (Lipinski definition) is 2. The Kier molecular flexibility index (Phi) is 6.29. The molecule has 0 radical (unpaired) electrons. The van der Waals surface area contributed by atoms with Crippen molar-refractivity contribution in [1.29, 1.82) is 0 Å². The zero-order valence-electron chi connectivity index (χ0n) is 9.05. The van der Waals surface area contributed by atoms with E-state index in [0.29, 0.717) is 19.6 Å². The van der Waals surface area contributed by atoms with Gasteiger partial charge in [0.15, 0.2) is 0 Å². The van der Waals surface area contributed by atoms with Crippen LogP contribution in [0.15, 0.2) is 0 Å². The van der Waals surface area contributed by atoms with Gasteiger partial charge in [0.25, 0.3) is 0 Å². The lowest BCUT2D eigenvalue weighted by molar-refractivity contribution is 0.0247. The molecule has 0 amide bonds. The van der Waals surface area contributed by atoms with Crippen LogP contribution in [0.5, 0.6) is 0 Å². The van der Waals surface area contributed by atoms with Crippen molar-refractivity contribution in [2.45, 2.75) is 39.7 Å². The van der Waals surface area contributed by atoms with Gasteiger partial charge < -0.3 is 15.6 Å². The van der Waals surface area contributed by atoms with Gasteiger partial charge in [-0.2, -0.15) is 0 Å². The molecule has 0 heterocycles. The van der Waals surface area contributed by atoms with Crippen LogP contribution in [0.4, 0.5) is 0 Å². The highest BCUT2D eigenvalue weighted by Crippen LogP contribution is 2.21. The smallest absolute Gasteiger partial charge is 0.0702 e. The normalized spacial score (nSPS) is 14.5. The number of hydrogen-bond acceptors (Lipinski definition) is 3. The van der Waals surface area contributed by atoms with Gasteiger partial charge in [0, 0.05) is 19.8 Å². The molecule has 80 valence electrons. The summed E-state index contributed by atoms with van der Waals surface area (Å²) in [6.07, 6.45) is 1.79. The molecule has 0 fully saturated rings. The highest BCUT2D eigenvalue weighted by Gasteiger charge is 2.17. The predicted octanol–water partition coefficient (Wildman–Crippen LogP) is 1.15. The van der Waals surface area contributed by atoms with E-state index >= 15 is 0 Å². The molecule has 0 aliphatic rings. The minimum atomic E-state index is 0.131. The summed E-state index contributed by atoms with van der Waals surface area (Å²) in [6, 6.07) is 0. The quantitative estimate of drug-likeness (QED) is 0.616. The zero-order chi connectivity index (χ0) is 10.3. The summed E-state index contributed by atoms with van der Waals surface area (Å²) in [7, 11) is 0. The van der Waals surface area contributed by atoms with E-state index in [0.717, 1.165) is 6.42 Å². The molecule has 0 aromatic heterocycles. The van der Waals surface area contributed by atoms with E-state index in [1.165, 1.54) is 0 Å². The largest absolute Gasteiger partial charge is 0.396 e. The second-order valence-corrected chi connectivity index (χ2v) is 4.57.